The Hall–Kier alpha value is -1.38. The molecule has 0 amide bonds. The van der Waals surface area contributed by atoms with Crippen LogP contribution in [0.1, 0.15) is 5.56 Å². The summed E-state index contributed by atoms with van der Waals surface area (Å²) in [5.74, 6) is 0. The van der Waals surface area contributed by atoms with E-state index in [-0.39, 0.29) is 0 Å². The fourth-order valence-electron chi connectivity index (χ4n) is 1.56. The van der Waals surface area contributed by atoms with Crippen LogP contribution in [0.2, 0.25) is 10.0 Å². The molecule has 88 valence electrons. The third-order valence-corrected chi connectivity index (χ3v) is 3.00. The van der Waals surface area contributed by atoms with Gasteiger partial charge < -0.3 is 11.1 Å². The number of aryl methyl sites for hydroxylation is 1. The molecule has 0 saturated heterocycles. The first kappa shape index (κ1) is 12.1. The first-order valence-corrected chi connectivity index (χ1v) is 5.90. The van der Waals surface area contributed by atoms with Crippen LogP contribution in [0.3, 0.4) is 0 Å². The van der Waals surface area contributed by atoms with Crippen LogP contribution in [0.15, 0.2) is 36.4 Å². The lowest BCUT2D eigenvalue weighted by molar-refractivity contribution is 1.43. The molecule has 0 saturated carbocycles. The Morgan fingerprint density at radius 2 is 1.71 bits per heavy atom. The van der Waals surface area contributed by atoms with Crippen LogP contribution >= 0.6 is 23.2 Å². The van der Waals surface area contributed by atoms with Gasteiger partial charge in [0.1, 0.15) is 0 Å². The summed E-state index contributed by atoms with van der Waals surface area (Å²) in [6, 6.07) is 11.0. The molecular weight excluding hydrogens is 255 g/mol. The summed E-state index contributed by atoms with van der Waals surface area (Å²) in [4.78, 5) is 0. The van der Waals surface area contributed by atoms with E-state index in [0.717, 1.165) is 22.6 Å². The van der Waals surface area contributed by atoms with Crippen molar-refractivity contribution in [2.75, 3.05) is 11.1 Å². The van der Waals surface area contributed by atoms with Gasteiger partial charge in [0.05, 0.1) is 10.7 Å². The Kier molecular flexibility index (Phi) is 3.46. The van der Waals surface area contributed by atoms with E-state index in [4.69, 9.17) is 28.9 Å². The zero-order chi connectivity index (χ0) is 12.4. The van der Waals surface area contributed by atoms with E-state index in [0.29, 0.717) is 10.0 Å². The minimum absolute atomic E-state index is 0.591. The molecule has 17 heavy (non-hydrogen) atoms. The van der Waals surface area contributed by atoms with Crippen molar-refractivity contribution >= 4 is 40.3 Å². The first-order valence-electron chi connectivity index (χ1n) is 5.14. The van der Waals surface area contributed by atoms with Crippen LogP contribution in [-0.2, 0) is 0 Å². The Morgan fingerprint density at radius 3 is 2.35 bits per heavy atom. The van der Waals surface area contributed by atoms with E-state index in [1.807, 2.05) is 31.2 Å². The molecule has 0 heterocycles. The van der Waals surface area contributed by atoms with Crippen molar-refractivity contribution in [2.45, 2.75) is 6.92 Å². The Morgan fingerprint density at radius 1 is 1.00 bits per heavy atom. The molecule has 0 aromatic heterocycles. The minimum Gasteiger partial charge on any atom is -0.399 e. The molecule has 0 unspecified atom stereocenters. The van der Waals surface area contributed by atoms with Crippen LogP contribution < -0.4 is 11.1 Å². The molecule has 0 aliphatic carbocycles. The van der Waals surface area contributed by atoms with E-state index >= 15 is 0 Å². The van der Waals surface area contributed by atoms with Gasteiger partial charge in [0.15, 0.2) is 0 Å². The molecule has 0 atom stereocenters. The predicted molar refractivity (Wildman–Crippen MR) is 75.3 cm³/mol. The van der Waals surface area contributed by atoms with Crippen LogP contribution in [0.4, 0.5) is 17.1 Å². The summed E-state index contributed by atoms with van der Waals surface area (Å²) in [5, 5.41) is 4.46. The summed E-state index contributed by atoms with van der Waals surface area (Å²) >= 11 is 11.9. The number of anilines is 3. The molecule has 0 bridgehead atoms. The average Bonchev–Trinajstić information content (AvgIpc) is 2.25. The molecule has 0 spiro atoms. The van der Waals surface area contributed by atoms with Gasteiger partial charge in [-0.2, -0.15) is 0 Å². The summed E-state index contributed by atoms with van der Waals surface area (Å²) in [5.41, 5.74) is 9.31. The number of hydrogen-bond donors (Lipinski definition) is 2. The quantitative estimate of drug-likeness (QED) is 0.778. The van der Waals surface area contributed by atoms with Crippen molar-refractivity contribution in [3.8, 4) is 0 Å². The normalized spacial score (nSPS) is 10.3. The lowest BCUT2D eigenvalue weighted by Gasteiger charge is -2.11. The Bertz CT molecular complexity index is 504. The van der Waals surface area contributed by atoms with E-state index in [2.05, 4.69) is 5.32 Å². The second-order valence-electron chi connectivity index (χ2n) is 3.82. The zero-order valence-corrected chi connectivity index (χ0v) is 10.8. The molecule has 2 rings (SSSR count). The van der Waals surface area contributed by atoms with E-state index in [1.54, 1.807) is 12.1 Å². The van der Waals surface area contributed by atoms with Gasteiger partial charge in [-0.05, 0) is 48.9 Å². The Labute approximate surface area is 110 Å². The highest BCUT2D eigenvalue weighted by Gasteiger charge is 2.03. The second-order valence-corrected chi connectivity index (χ2v) is 4.67. The van der Waals surface area contributed by atoms with E-state index in [1.165, 1.54) is 0 Å². The summed E-state index contributed by atoms with van der Waals surface area (Å²) in [7, 11) is 0. The van der Waals surface area contributed by atoms with Gasteiger partial charge >= 0.3 is 0 Å². The lowest BCUT2D eigenvalue weighted by Crippen LogP contribution is -1.95. The monoisotopic (exact) mass is 266 g/mol. The summed E-state index contributed by atoms with van der Waals surface area (Å²) in [6.07, 6.45) is 0. The van der Waals surface area contributed by atoms with Crippen molar-refractivity contribution in [3.05, 3.63) is 52.0 Å². The van der Waals surface area contributed by atoms with Crippen molar-refractivity contribution < 1.29 is 0 Å². The minimum atomic E-state index is 0.591. The fourth-order valence-corrected chi connectivity index (χ4v) is 2.02. The zero-order valence-electron chi connectivity index (χ0n) is 9.30. The number of hydrogen-bond acceptors (Lipinski definition) is 2. The van der Waals surface area contributed by atoms with E-state index < -0.39 is 0 Å². The van der Waals surface area contributed by atoms with Gasteiger partial charge in [0.2, 0.25) is 0 Å². The largest absolute Gasteiger partial charge is 0.399 e. The number of halogens is 2. The van der Waals surface area contributed by atoms with Crippen molar-refractivity contribution in [2.24, 2.45) is 0 Å². The molecule has 2 aromatic rings. The highest BCUT2D eigenvalue weighted by molar-refractivity contribution is 6.36. The third kappa shape index (κ3) is 2.84. The van der Waals surface area contributed by atoms with Crippen LogP contribution in [0.5, 0.6) is 0 Å². The average molecular weight is 267 g/mol. The van der Waals surface area contributed by atoms with Crippen LogP contribution in [0, 0.1) is 6.92 Å². The highest BCUT2D eigenvalue weighted by Crippen LogP contribution is 2.29. The molecule has 2 aromatic carbocycles. The second kappa shape index (κ2) is 4.86. The maximum absolute atomic E-state index is 6.09. The molecule has 0 radical (unpaired) electrons. The number of nitrogens with two attached hydrogens (primary N) is 1. The first-order chi connectivity index (χ1) is 8.06. The molecule has 0 aliphatic rings. The third-order valence-electron chi connectivity index (χ3n) is 2.45. The topological polar surface area (TPSA) is 38.0 Å². The van der Waals surface area contributed by atoms with Crippen molar-refractivity contribution in [1.29, 1.82) is 0 Å². The maximum atomic E-state index is 6.09. The van der Waals surface area contributed by atoms with Gasteiger partial charge in [-0.1, -0.05) is 23.2 Å². The number of rotatable bonds is 2. The molecule has 3 N–H and O–H groups in total. The van der Waals surface area contributed by atoms with Crippen LogP contribution in [-0.4, -0.2) is 0 Å². The number of nitrogens with one attached hydrogen (secondary N) is 1. The number of nitrogen functional groups attached to an aromatic ring is 1. The predicted octanol–water partition coefficient (Wildman–Crippen LogP) is 4.63. The summed E-state index contributed by atoms with van der Waals surface area (Å²) in [6.45, 7) is 1.99. The maximum Gasteiger partial charge on any atom is 0.0655 e. The van der Waals surface area contributed by atoms with Crippen LogP contribution in [0.25, 0.3) is 0 Å². The Balaban J connectivity index is 2.31. The SMILES string of the molecule is Cc1cc(N)ccc1Nc1ccc(Cl)cc1Cl. The van der Waals surface area contributed by atoms with Gasteiger partial charge in [0, 0.05) is 16.4 Å². The van der Waals surface area contributed by atoms with E-state index in [9.17, 15) is 0 Å². The summed E-state index contributed by atoms with van der Waals surface area (Å²) < 4.78 is 0. The van der Waals surface area contributed by atoms with Crippen molar-refractivity contribution in [1.82, 2.24) is 0 Å². The molecular formula is C13H12Cl2N2. The molecule has 2 nitrogen and oxygen atoms in total. The molecule has 0 fully saturated rings. The molecule has 0 aliphatic heterocycles. The smallest absolute Gasteiger partial charge is 0.0655 e. The van der Waals surface area contributed by atoms with Crippen molar-refractivity contribution in [3.63, 3.8) is 0 Å². The lowest BCUT2D eigenvalue weighted by atomic mass is 10.1. The standard InChI is InChI=1S/C13H12Cl2N2/c1-8-6-10(16)3-5-12(8)17-13-4-2-9(14)7-11(13)15/h2-7,17H,16H2,1H3. The van der Waals surface area contributed by atoms with Gasteiger partial charge in [-0.15, -0.1) is 0 Å². The van der Waals surface area contributed by atoms with Gasteiger partial charge in [-0.25, -0.2) is 0 Å². The highest BCUT2D eigenvalue weighted by atomic mass is 35.5. The fraction of sp³-hybridized carbons (Fsp3) is 0.0769. The van der Waals surface area contributed by atoms with Gasteiger partial charge in [-0.3, -0.25) is 0 Å². The number of benzene rings is 2. The molecule has 4 heteroatoms. The van der Waals surface area contributed by atoms with Gasteiger partial charge in [0.25, 0.3) is 0 Å².